The van der Waals surface area contributed by atoms with Gasteiger partial charge in [0, 0.05) is 37.1 Å². The van der Waals surface area contributed by atoms with Gasteiger partial charge in [0.15, 0.2) is 0 Å². The van der Waals surface area contributed by atoms with Crippen LogP contribution >= 0.6 is 0 Å². The Morgan fingerprint density at radius 1 is 1.04 bits per heavy atom. The first kappa shape index (κ1) is 17.0. The summed E-state index contributed by atoms with van der Waals surface area (Å²) in [6.07, 6.45) is 2.15. The van der Waals surface area contributed by atoms with Crippen LogP contribution in [0.2, 0.25) is 0 Å². The zero-order valence-electron chi connectivity index (χ0n) is 14.4. The molecule has 0 saturated carbocycles. The van der Waals surface area contributed by atoms with Gasteiger partial charge in [0.1, 0.15) is 0 Å². The van der Waals surface area contributed by atoms with Crippen LogP contribution in [-0.4, -0.2) is 43.4 Å². The van der Waals surface area contributed by atoms with E-state index < -0.39 is 0 Å². The Morgan fingerprint density at radius 2 is 1.76 bits per heavy atom. The quantitative estimate of drug-likeness (QED) is 0.912. The molecule has 0 spiro atoms. The van der Waals surface area contributed by atoms with E-state index in [-0.39, 0.29) is 18.4 Å². The Kier molecular flexibility index (Phi) is 5.33. The van der Waals surface area contributed by atoms with Gasteiger partial charge >= 0.3 is 0 Å². The van der Waals surface area contributed by atoms with E-state index in [1.54, 1.807) is 11.9 Å². The molecule has 0 aliphatic carbocycles. The topological polar surface area (TPSA) is 52.7 Å². The molecular formula is C20H23N3O2. The predicted molar refractivity (Wildman–Crippen MR) is 99.9 cm³/mol. The lowest BCUT2D eigenvalue weighted by Gasteiger charge is -2.18. The Balaban J connectivity index is 1.60. The third-order valence-corrected chi connectivity index (χ3v) is 4.46. The third kappa shape index (κ3) is 4.18. The van der Waals surface area contributed by atoms with Crippen molar-refractivity contribution >= 4 is 23.2 Å². The van der Waals surface area contributed by atoms with Gasteiger partial charge in [0.05, 0.1) is 6.54 Å². The molecule has 1 aliphatic heterocycles. The molecule has 0 aromatic heterocycles. The maximum Gasteiger partial charge on any atom is 0.253 e. The summed E-state index contributed by atoms with van der Waals surface area (Å²) in [6, 6.07) is 16.9. The minimum atomic E-state index is -0.0394. The van der Waals surface area contributed by atoms with E-state index in [2.05, 4.69) is 5.32 Å². The van der Waals surface area contributed by atoms with Crippen molar-refractivity contribution in [3.8, 4) is 0 Å². The van der Waals surface area contributed by atoms with Crippen LogP contribution in [-0.2, 0) is 4.79 Å². The highest BCUT2D eigenvalue weighted by Crippen LogP contribution is 2.17. The summed E-state index contributed by atoms with van der Waals surface area (Å²) in [7, 11) is 1.76. The highest BCUT2D eigenvalue weighted by atomic mass is 16.2. The first-order valence-electron chi connectivity index (χ1n) is 8.60. The fourth-order valence-corrected chi connectivity index (χ4v) is 2.96. The van der Waals surface area contributed by atoms with Gasteiger partial charge in [-0.05, 0) is 43.2 Å². The molecular weight excluding hydrogens is 314 g/mol. The molecule has 1 fully saturated rings. The predicted octanol–water partition coefficient (Wildman–Crippen LogP) is 3.00. The number of hydrogen-bond acceptors (Lipinski definition) is 3. The largest absolute Gasteiger partial charge is 0.376 e. The van der Waals surface area contributed by atoms with Crippen LogP contribution in [0.5, 0.6) is 0 Å². The summed E-state index contributed by atoms with van der Waals surface area (Å²) in [5, 5.41) is 3.12. The van der Waals surface area contributed by atoms with Gasteiger partial charge in [-0.1, -0.05) is 24.3 Å². The molecule has 2 amide bonds. The Bertz CT molecular complexity index is 740. The van der Waals surface area contributed by atoms with Crippen molar-refractivity contribution in [1.29, 1.82) is 0 Å². The number of hydrogen-bond donors (Lipinski definition) is 1. The van der Waals surface area contributed by atoms with Crippen molar-refractivity contribution in [1.82, 2.24) is 4.90 Å². The van der Waals surface area contributed by atoms with Crippen molar-refractivity contribution in [2.75, 3.05) is 36.9 Å². The van der Waals surface area contributed by atoms with E-state index in [0.717, 1.165) is 37.3 Å². The van der Waals surface area contributed by atoms with Gasteiger partial charge < -0.3 is 15.1 Å². The second kappa shape index (κ2) is 7.83. The van der Waals surface area contributed by atoms with E-state index in [4.69, 9.17) is 0 Å². The summed E-state index contributed by atoms with van der Waals surface area (Å²) in [6.45, 7) is 1.83. The van der Waals surface area contributed by atoms with Crippen LogP contribution in [0.25, 0.3) is 0 Å². The second-order valence-corrected chi connectivity index (χ2v) is 6.22. The Morgan fingerprint density at radius 3 is 2.48 bits per heavy atom. The number of carbonyl (C=O) groups excluding carboxylic acids is 2. The zero-order valence-corrected chi connectivity index (χ0v) is 14.4. The lowest BCUT2D eigenvalue weighted by atomic mass is 10.1. The minimum Gasteiger partial charge on any atom is -0.376 e. The van der Waals surface area contributed by atoms with E-state index in [0.29, 0.717) is 5.56 Å². The van der Waals surface area contributed by atoms with Crippen molar-refractivity contribution < 1.29 is 9.59 Å². The molecule has 130 valence electrons. The van der Waals surface area contributed by atoms with Gasteiger partial charge in [0.2, 0.25) is 5.91 Å². The second-order valence-electron chi connectivity index (χ2n) is 6.22. The number of anilines is 2. The standard InChI is InChI=1S/C20H23N3O2/c1-22(18-10-3-2-4-11-18)19(24)15-21-17-9-7-8-16(14-17)20(25)23-12-5-6-13-23/h2-4,7-11,14,21H,5-6,12-13,15H2,1H3. The SMILES string of the molecule is CN(C(=O)CNc1cccc(C(=O)N2CCCC2)c1)c1ccccc1. The zero-order chi connectivity index (χ0) is 17.6. The molecule has 25 heavy (non-hydrogen) atoms. The van der Waals surface area contributed by atoms with Crippen LogP contribution in [0.4, 0.5) is 11.4 Å². The summed E-state index contributed by atoms with van der Waals surface area (Å²) in [4.78, 5) is 28.3. The lowest BCUT2D eigenvalue weighted by Crippen LogP contribution is -2.32. The van der Waals surface area contributed by atoms with E-state index >= 15 is 0 Å². The van der Waals surface area contributed by atoms with Gasteiger partial charge in [0.25, 0.3) is 5.91 Å². The number of para-hydroxylation sites is 1. The fourth-order valence-electron chi connectivity index (χ4n) is 2.96. The Labute approximate surface area is 148 Å². The highest BCUT2D eigenvalue weighted by Gasteiger charge is 2.19. The number of benzene rings is 2. The monoisotopic (exact) mass is 337 g/mol. The van der Waals surface area contributed by atoms with E-state index in [1.165, 1.54) is 0 Å². The minimum absolute atomic E-state index is 0.0394. The summed E-state index contributed by atoms with van der Waals surface area (Å²) in [5.41, 5.74) is 2.29. The normalized spacial score (nSPS) is 13.6. The summed E-state index contributed by atoms with van der Waals surface area (Å²) >= 11 is 0. The van der Waals surface area contributed by atoms with Gasteiger partial charge in [-0.25, -0.2) is 0 Å². The van der Waals surface area contributed by atoms with Crippen LogP contribution in [0.1, 0.15) is 23.2 Å². The average molecular weight is 337 g/mol. The molecule has 2 aromatic rings. The summed E-state index contributed by atoms with van der Waals surface area (Å²) < 4.78 is 0. The first-order chi connectivity index (χ1) is 12.1. The van der Waals surface area contributed by atoms with E-state index in [1.807, 2.05) is 59.5 Å². The van der Waals surface area contributed by atoms with Gasteiger partial charge in [-0.3, -0.25) is 9.59 Å². The molecule has 5 heteroatoms. The number of likely N-dealkylation sites (tertiary alicyclic amines) is 1. The molecule has 2 aromatic carbocycles. The van der Waals surface area contributed by atoms with Crippen LogP contribution in [0.15, 0.2) is 54.6 Å². The number of likely N-dealkylation sites (N-methyl/N-ethyl adjacent to an activating group) is 1. The van der Waals surface area contributed by atoms with Crippen molar-refractivity contribution in [3.05, 3.63) is 60.2 Å². The number of nitrogens with zero attached hydrogens (tertiary/aromatic N) is 2. The molecule has 0 radical (unpaired) electrons. The van der Waals surface area contributed by atoms with Crippen LogP contribution < -0.4 is 10.2 Å². The molecule has 5 nitrogen and oxygen atoms in total. The van der Waals surface area contributed by atoms with Crippen LogP contribution in [0.3, 0.4) is 0 Å². The maximum absolute atomic E-state index is 12.5. The fraction of sp³-hybridized carbons (Fsp3) is 0.300. The number of carbonyl (C=O) groups is 2. The Hall–Kier alpha value is -2.82. The molecule has 1 aliphatic rings. The molecule has 1 heterocycles. The van der Waals surface area contributed by atoms with Gasteiger partial charge in [-0.2, -0.15) is 0 Å². The first-order valence-corrected chi connectivity index (χ1v) is 8.60. The lowest BCUT2D eigenvalue weighted by molar-refractivity contribution is -0.116. The number of rotatable bonds is 5. The molecule has 0 bridgehead atoms. The van der Waals surface area contributed by atoms with Crippen molar-refractivity contribution in [3.63, 3.8) is 0 Å². The van der Waals surface area contributed by atoms with E-state index in [9.17, 15) is 9.59 Å². The van der Waals surface area contributed by atoms with Crippen molar-refractivity contribution in [2.24, 2.45) is 0 Å². The molecule has 0 unspecified atom stereocenters. The highest BCUT2D eigenvalue weighted by molar-refractivity contribution is 5.97. The third-order valence-electron chi connectivity index (χ3n) is 4.46. The molecule has 0 atom stereocenters. The maximum atomic E-state index is 12.5. The van der Waals surface area contributed by atoms with Gasteiger partial charge in [-0.15, -0.1) is 0 Å². The number of nitrogens with one attached hydrogen (secondary N) is 1. The average Bonchev–Trinajstić information content (AvgIpc) is 3.20. The molecule has 1 N–H and O–H groups in total. The molecule has 1 saturated heterocycles. The van der Waals surface area contributed by atoms with Crippen molar-refractivity contribution in [2.45, 2.75) is 12.8 Å². The number of amides is 2. The smallest absolute Gasteiger partial charge is 0.253 e. The molecule has 3 rings (SSSR count). The summed E-state index contributed by atoms with van der Waals surface area (Å²) in [5.74, 6) is 0.0244. The van der Waals surface area contributed by atoms with Crippen LogP contribution in [0, 0.1) is 0 Å².